The van der Waals surface area contributed by atoms with Crippen LogP contribution >= 0.6 is 0 Å². The number of likely N-dealkylation sites (N-methyl/N-ethyl adjacent to an activating group) is 1. The van der Waals surface area contributed by atoms with Crippen molar-refractivity contribution in [3.8, 4) is 0 Å². The van der Waals surface area contributed by atoms with E-state index >= 15 is 0 Å². The Kier molecular flexibility index (Phi) is 4.87. The van der Waals surface area contributed by atoms with Crippen molar-refractivity contribution in [2.45, 2.75) is 26.0 Å². The van der Waals surface area contributed by atoms with Gasteiger partial charge < -0.3 is 4.74 Å². The molecule has 1 aromatic carbocycles. The highest BCUT2D eigenvalue weighted by Crippen LogP contribution is 2.25. The van der Waals surface area contributed by atoms with Crippen LogP contribution < -0.4 is 11.3 Å². The zero-order chi connectivity index (χ0) is 13.8. The number of nitrogens with zero attached hydrogens (tertiary/aromatic N) is 1. The molecule has 2 unspecified atom stereocenters. The van der Waals surface area contributed by atoms with Crippen LogP contribution in [0.15, 0.2) is 18.2 Å². The summed E-state index contributed by atoms with van der Waals surface area (Å²) in [6, 6.07) is 4.66. The van der Waals surface area contributed by atoms with Crippen molar-refractivity contribution in [1.82, 2.24) is 10.3 Å². The Hall–Kier alpha value is -1.01. The fourth-order valence-corrected chi connectivity index (χ4v) is 2.61. The second kappa shape index (κ2) is 6.43. The Balaban J connectivity index is 2.19. The van der Waals surface area contributed by atoms with E-state index < -0.39 is 0 Å². The van der Waals surface area contributed by atoms with Crippen LogP contribution in [0.5, 0.6) is 0 Å². The Morgan fingerprint density at radius 3 is 3.00 bits per heavy atom. The molecule has 3 N–H and O–H groups in total. The third-order valence-corrected chi connectivity index (χ3v) is 3.74. The minimum absolute atomic E-state index is 0.0112. The standard InChI is InChI=1S/C14H22FN3O/c1-3-18-6-7-19-13(9-18)14(17-16)12-5-4-11(15)8-10(12)2/h4-5,8,13-14,17H,3,6-7,9,16H2,1-2H3. The Bertz CT molecular complexity index is 427. The Morgan fingerprint density at radius 2 is 2.37 bits per heavy atom. The number of benzene rings is 1. The predicted molar refractivity (Wildman–Crippen MR) is 73.1 cm³/mol. The van der Waals surface area contributed by atoms with E-state index in [-0.39, 0.29) is 18.0 Å². The van der Waals surface area contributed by atoms with Crippen molar-refractivity contribution in [1.29, 1.82) is 0 Å². The van der Waals surface area contributed by atoms with Crippen molar-refractivity contribution in [3.05, 3.63) is 35.1 Å². The molecule has 4 nitrogen and oxygen atoms in total. The van der Waals surface area contributed by atoms with Gasteiger partial charge >= 0.3 is 0 Å². The first kappa shape index (κ1) is 14.4. The number of ether oxygens (including phenoxy) is 1. The van der Waals surface area contributed by atoms with Gasteiger partial charge in [0.05, 0.1) is 18.8 Å². The maximum Gasteiger partial charge on any atom is 0.123 e. The third kappa shape index (κ3) is 3.30. The molecular formula is C14H22FN3O. The maximum atomic E-state index is 13.2. The Labute approximate surface area is 113 Å². The van der Waals surface area contributed by atoms with E-state index in [1.807, 2.05) is 6.92 Å². The van der Waals surface area contributed by atoms with Crippen LogP contribution in [0.25, 0.3) is 0 Å². The first-order valence-electron chi connectivity index (χ1n) is 6.71. The van der Waals surface area contributed by atoms with Crippen molar-refractivity contribution in [3.63, 3.8) is 0 Å². The van der Waals surface area contributed by atoms with Crippen molar-refractivity contribution in [2.24, 2.45) is 5.84 Å². The summed E-state index contributed by atoms with van der Waals surface area (Å²) in [6.45, 7) is 7.52. The summed E-state index contributed by atoms with van der Waals surface area (Å²) in [6.07, 6.45) is -0.0112. The van der Waals surface area contributed by atoms with Gasteiger partial charge in [0.2, 0.25) is 0 Å². The number of rotatable bonds is 4. The lowest BCUT2D eigenvalue weighted by Gasteiger charge is -2.36. The van der Waals surface area contributed by atoms with Gasteiger partial charge in [-0.1, -0.05) is 13.0 Å². The van der Waals surface area contributed by atoms with E-state index in [0.29, 0.717) is 6.61 Å². The van der Waals surface area contributed by atoms with Crippen LogP contribution in [0.2, 0.25) is 0 Å². The molecule has 1 saturated heterocycles. The molecule has 0 bridgehead atoms. The molecule has 0 radical (unpaired) electrons. The van der Waals surface area contributed by atoms with E-state index in [4.69, 9.17) is 10.6 Å². The molecule has 0 aliphatic carbocycles. The largest absolute Gasteiger partial charge is 0.374 e. The number of aryl methyl sites for hydroxylation is 1. The van der Waals surface area contributed by atoms with Crippen LogP contribution in [0, 0.1) is 12.7 Å². The van der Waals surface area contributed by atoms with Crippen LogP contribution in [0.1, 0.15) is 24.1 Å². The van der Waals surface area contributed by atoms with E-state index in [1.165, 1.54) is 12.1 Å². The summed E-state index contributed by atoms with van der Waals surface area (Å²) in [7, 11) is 0. The van der Waals surface area contributed by atoms with Gasteiger partial charge in [-0.15, -0.1) is 0 Å². The van der Waals surface area contributed by atoms with E-state index in [1.54, 1.807) is 6.07 Å². The molecule has 1 aromatic rings. The number of hydrogen-bond donors (Lipinski definition) is 2. The molecule has 5 heteroatoms. The summed E-state index contributed by atoms with van der Waals surface area (Å²) in [5, 5.41) is 0. The van der Waals surface area contributed by atoms with Gasteiger partial charge in [-0.2, -0.15) is 0 Å². The van der Waals surface area contributed by atoms with E-state index in [2.05, 4.69) is 17.2 Å². The predicted octanol–water partition coefficient (Wildman–Crippen LogP) is 1.36. The highest BCUT2D eigenvalue weighted by molar-refractivity contribution is 5.30. The van der Waals surface area contributed by atoms with Gasteiger partial charge in [0.15, 0.2) is 0 Å². The number of nitrogens with one attached hydrogen (secondary N) is 1. The van der Waals surface area contributed by atoms with Gasteiger partial charge in [0, 0.05) is 13.1 Å². The average molecular weight is 267 g/mol. The third-order valence-electron chi connectivity index (χ3n) is 3.74. The minimum atomic E-state index is -0.225. The fraction of sp³-hybridized carbons (Fsp3) is 0.571. The number of nitrogens with two attached hydrogens (primary N) is 1. The van der Waals surface area contributed by atoms with Crippen molar-refractivity contribution < 1.29 is 9.13 Å². The van der Waals surface area contributed by atoms with Gasteiger partial charge in [0.25, 0.3) is 0 Å². The summed E-state index contributed by atoms with van der Waals surface area (Å²) in [5.41, 5.74) is 4.70. The molecule has 0 spiro atoms. The van der Waals surface area contributed by atoms with Crippen molar-refractivity contribution in [2.75, 3.05) is 26.2 Å². The van der Waals surface area contributed by atoms with Gasteiger partial charge in [-0.3, -0.25) is 16.2 Å². The molecule has 106 valence electrons. The maximum absolute atomic E-state index is 13.2. The number of halogens is 1. The van der Waals surface area contributed by atoms with Crippen molar-refractivity contribution >= 4 is 0 Å². The first-order chi connectivity index (χ1) is 9.15. The zero-order valence-corrected chi connectivity index (χ0v) is 11.5. The molecule has 0 saturated carbocycles. The van der Waals surface area contributed by atoms with Gasteiger partial charge in [-0.25, -0.2) is 4.39 Å². The molecule has 1 fully saturated rings. The number of hydrazine groups is 1. The van der Waals surface area contributed by atoms with E-state index in [9.17, 15) is 4.39 Å². The summed E-state index contributed by atoms with van der Waals surface area (Å²) in [5.74, 6) is 5.46. The molecule has 1 aliphatic rings. The molecule has 1 heterocycles. The zero-order valence-electron chi connectivity index (χ0n) is 11.5. The van der Waals surface area contributed by atoms with Crippen LogP contribution in [-0.2, 0) is 4.74 Å². The molecule has 0 aromatic heterocycles. The van der Waals surface area contributed by atoms with Crippen LogP contribution in [0.3, 0.4) is 0 Å². The first-order valence-corrected chi connectivity index (χ1v) is 6.71. The molecule has 1 aliphatic heterocycles. The summed E-state index contributed by atoms with van der Waals surface area (Å²) < 4.78 is 19.0. The summed E-state index contributed by atoms with van der Waals surface area (Å²) >= 11 is 0. The highest BCUT2D eigenvalue weighted by Gasteiger charge is 2.29. The second-order valence-corrected chi connectivity index (χ2v) is 4.95. The number of hydrogen-bond acceptors (Lipinski definition) is 4. The SMILES string of the molecule is CCN1CCOC(C(NN)c2ccc(F)cc2C)C1. The summed E-state index contributed by atoms with van der Waals surface area (Å²) in [4.78, 5) is 2.33. The van der Waals surface area contributed by atoms with Gasteiger partial charge in [-0.05, 0) is 36.7 Å². The molecule has 2 rings (SSSR count). The minimum Gasteiger partial charge on any atom is -0.374 e. The fourth-order valence-electron chi connectivity index (χ4n) is 2.61. The normalized spacial score (nSPS) is 22.4. The van der Waals surface area contributed by atoms with Gasteiger partial charge in [0.1, 0.15) is 5.82 Å². The lowest BCUT2D eigenvalue weighted by molar-refractivity contribution is -0.0457. The van der Waals surface area contributed by atoms with E-state index in [0.717, 1.165) is 30.8 Å². The lowest BCUT2D eigenvalue weighted by Crippen LogP contribution is -2.49. The quantitative estimate of drug-likeness (QED) is 0.639. The molecule has 0 amide bonds. The molecular weight excluding hydrogens is 245 g/mol. The monoisotopic (exact) mass is 267 g/mol. The Morgan fingerprint density at radius 1 is 1.58 bits per heavy atom. The average Bonchev–Trinajstić information content (AvgIpc) is 2.42. The highest BCUT2D eigenvalue weighted by atomic mass is 19.1. The molecule has 19 heavy (non-hydrogen) atoms. The topological polar surface area (TPSA) is 50.5 Å². The molecule has 2 atom stereocenters. The van der Waals surface area contributed by atoms with Crippen LogP contribution in [-0.4, -0.2) is 37.2 Å². The van der Waals surface area contributed by atoms with Crippen LogP contribution in [0.4, 0.5) is 4.39 Å². The smallest absolute Gasteiger partial charge is 0.123 e. The lowest BCUT2D eigenvalue weighted by atomic mass is 9.96. The number of morpholine rings is 1. The second-order valence-electron chi connectivity index (χ2n) is 4.95.